The normalized spacial score (nSPS) is 19.3. The van der Waals surface area contributed by atoms with Gasteiger partial charge in [0, 0.05) is 35.1 Å². The Morgan fingerprint density at radius 1 is 1.05 bits per heavy atom. The average molecular weight is 522 g/mol. The van der Waals surface area contributed by atoms with E-state index >= 15 is 0 Å². The second kappa shape index (κ2) is 11.9. The molecule has 1 aliphatic carbocycles. The molecule has 7 heteroatoms. The molecule has 0 bridgehead atoms. The van der Waals surface area contributed by atoms with Crippen LogP contribution in [-0.2, 0) is 14.3 Å². The third kappa shape index (κ3) is 5.57. The van der Waals surface area contributed by atoms with Crippen molar-refractivity contribution in [2.24, 2.45) is 0 Å². The van der Waals surface area contributed by atoms with E-state index in [0.717, 1.165) is 39.6 Å². The summed E-state index contributed by atoms with van der Waals surface area (Å²) < 4.78 is 16.6. The number of methoxy groups -OCH3 is 2. The summed E-state index contributed by atoms with van der Waals surface area (Å²) in [6, 6.07) is 13.8. The molecule has 0 spiro atoms. The number of dihydropyridines is 1. The summed E-state index contributed by atoms with van der Waals surface area (Å²) in [5.74, 6) is 2.23. The van der Waals surface area contributed by atoms with Crippen LogP contribution in [0.2, 0.25) is 0 Å². The number of ketones is 1. The number of benzene rings is 2. The minimum atomic E-state index is -0.456. The lowest BCUT2D eigenvalue weighted by molar-refractivity contribution is -0.138. The Balaban J connectivity index is 1.72. The van der Waals surface area contributed by atoms with Gasteiger partial charge in [-0.25, -0.2) is 4.79 Å². The first-order valence-corrected chi connectivity index (χ1v) is 13.8. The molecule has 1 aliphatic heterocycles. The summed E-state index contributed by atoms with van der Waals surface area (Å²) in [5, 5.41) is 3.43. The van der Waals surface area contributed by atoms with E-state index in [1.807, 2.05) is 56.3 Å². The SMILES string of the molecule is CCSCCOC(=O)C1=C(C)NC2=C(C(=O)C[C@@H](c3ccc(OC)c(OC)c3)C2)[C@H]1c1ccccc1C. The predicted molar refractivity (Wildman–Crippen MR) is 147 cm³/mol. The molecule has 37 heavy (non-hydrogen) atoms. The minimum Gasteiger partial charge on any atom is -0.493 e. The molecule has 2 aromatic rings. The third-order valence-electron chi connectivity index (χ3n) is 7.09. The van der Waals surface area contributed by atoms with Gasteiger partial charge in [0.2, 0.25) is 0 Å². The molecule has 0 aromatic heterocycles. The Bertz CT molecular complexity index is 1250. The van der Waals surface area contributed by atoms with Crippen LogP contribution in [0.5, 0.6) is 11.5 Å². The molecule has 1 N–H and O–H groups in total. The summed E-state index contributed by atoms with van der Waals surface area (Å²) >= 11 is 1.73. The summed E-state index contributed by atoms with van der Waals surface area (Å²) in [6.07, 6.45) is 1.01. The number of Topliss-reactive ketones (excluding diaryl/α,β-unsaturated/α-hetero) is 1. The summed E-state index contributed by atoms with van der Waals surface area (Å²) in [4.78, 5) is 27.2. The molecule has 0 radical (unpaired) electrons. The van der Waals surface area contributed by atoms with Gasteiger partial charge in [0.05, 0.1) is 19.8 Å². The van der Waals surface area contributed by atoms with Gasteiger partial charge >= 0.3 is 5.97 Å². The van der Waals surface area contributed by atoms with Gasteiger partial charge < -0.3 is 19.5 Å². The molecule has 196 valence electrons. The van der Waals surface area contributed by atoms with E-state index in [2.05, 4.69) is 12.2 Å². The standard InChI is InChI=1S/C30H35NO5S/c1-6-37-14-13-36-30(33)27-19(3)31-23-15-21(20-11-12-25(34-4)26(17-20)35-5)16-24(32)29(23)28(27)22-10-8-7-9-18(22)2/h7-12,17,21,28,31H,6,13-16H2,1-5H3/t21-,28-/m0/s1. The lowest BCUT2D eigenvalue weighted by Crippen LogP contribution is -2.36. The first-order chi connectivity index (χ1) is 17.9. The number of rotatable bonds is 9. The zero-order valence-corrected chi connectivity index (χ0v) is 23.0. The zero-order valence-electron chi connectivity index (χ0n) is 22.2. The fourth-order valence-electron chi connectivity index (χ4n) is 5.29. The number of carbonyl (C=O) groups is 2. The number of hydrogen-bond acceptors (Lipinski definition) is 7. The second-order valence-electron chi connectivity index (χ2n) is 9.32. The second-order valence-corrected chi connectivity index (χ2v) is 10.7. The number of thioether (sulfide) groups is 1. The van der Waals surface area contributed by atoms with Crippen LogP contribution in [0.25, 0.3) is 0 Å². The number of nitrogens with one attached hydrogen (secondary N) is 1. The van der Waals surface area contributed by atoms with Crippen molar-refractivity contribution in [3.05, 3.63) is 81.7 Å². The predicted octanol–water partition coefficient (Wildman–Crippen LogP) is 5.67. The fourth-order valence-corrected chi connectivity index (χ4v) is 5.78. The minimum absolute atomic E-state index is 0.0107. The summed E-state index contributed by atoms with van der Waals surface area (Å²) in [7, 11) is 3.22. The molecule has 2 aromatic carbocycles. The van der Waals surface area contributed by atoms with Crippen LogP contribution >= 0.6 is 11.8 Å². The third-order valence-corrected chi connectivity index (χ3v) is 7.95. The van der Waals surface area contributed by atoms with Gasteiger partial charge in [-0.1, -0.05) is 37.3 Å². The Morgan fingerprint density at radius 2 is 1.81 bits per heavy atom. The zero-order chi connectivity index (χ0) is 26.5. The van der Waals surface area contributed by atoms with E-state index in [1.54, 1.807) is 26.0 Å². The lowest BCUT2D eigenvalue weighted by atomic mass is 9.71. The van der Waals surface area contributed by atoms with Crippen LogP contribution in [0.1, 0.15) is 55.2 Å². The maximum absolute atomic E-state index is 13.8. The Morgan fingerprint density at radius 3 is 2.51 bits per heavy atom. The van der Waals surface area contributed by atoms with Crippen molar-refractivity contribution in [1.82, 2.24) is 5.32 Å². The van der Waals surface area contributed by atoms with Gasteiger partial charge in [0.1, 0.15) is 6.61 Å². The maximum Gasteiger partial charge on any atom is 0.336 e. The van der Waals surface area contributed by atoms with E-state index in [-0.39, 0.29) is 17.7 Å². The molecule has 2 aliphatic rings. The van der Waals surface area contributed by atoms with E-state index in [0.29, 0.717) is 42.1 Å². The van der Waals surface area contributed by atoms with Gasteiger partial charge in [0.15, 0.2) is 17.3 Å². The average Bonchev–Trinajstić information content (AvgIpc) is 2.90. The van der Waals surface area contributed by atoms with Crippen molar-refractivity contribution in [3.8, 4) is 11.5 Å². The van der Waals surface area contributed by atoms with Crippen molar-refractivity contribution >= 4 is 23.5 Å². The fraction of sp³-hybridized carbons (Fsp3) is 0.400. The van der Waals surface area contributed by atoms with Gasteiger partial charge in [-0.3, -0.25) is 4.79 Å². The van der Waals surface area contributed by atoms with Crippen LogP contribution in [0.15, 0.2) is 65.0 Å². The van der Waals surface area contributed by atoms with E-state index in [1.165, 1.54) is 0 Å². The number of ether oxygens (including phenoxy) is 3. The van der Waals surface area contributed by atoms with Crippen LogP contribution in [0.3, 0.4) is 0 Å². The molecule has 4 rings (SSSR count). The molecule has 2 atom stereocenters. The largest absolute Gasteiger partial charge is 0.493 e. The monoisotopic (exact) mass is 521 g/mol. The maximum atomic E-state index is 13.8. The number of esters is 1. The van der Waals surface area contributed by atoms with E-state index in [9.17, 15) is 9.59 Å². The lowest BCUT2D eigenvalue weighted by Gasteiger charge is -2.37. The van der Waals surface area contributed by atoms with Crippen LogP contribution < -0.4 is 14.8 Å². The van der Waals surface area contributed by atoms with Crippen molar-refractivity contribution in [2.75, 3.05) is 32.3 Å². The summed E-state index contributed by atoms with van der Waals surface area (Å²) in [5.41, 5.74) is 5.83. The Kier molecular flexibility index (Phi) is 8.64. The van der Waals surface area contributed by atoms with Gasteiger partial charge in [-0.05, 0) is 60.8 Å². The molecular weight excluding hydrogens is 486 g/mol. The smallest absolute Gasteiger partial charge is 0.336 e. The Hall–Kier alpha value is -3.19. The van der Waals surface area contributed by atoms with Crippen LogP contribution in [-0.4, -0.2) is 44.1 Å². The van der Waals surface area contributed by atoms with E-state index < -0.39 is 5.92 Å². The van der Waals surface area contributed by atoms with Crippen molar-refractivity contribution < 1.29 is 23.8 Å². The topological polar surface area (TPSA) is 73.9 Å². The van der Waals surface area contributed by atoms with E-state index in [4.69, 9.17) is 14.2 Å². The first kappa shape index (κ1) is 26.9. The van der Waals surface area contributed by atoms with Crippen molar-refractivity contribution in [1.29, 1.82) is 0 Å². The van der Waals surface area contributed by atoms with Gasteiger partial charge in [-0.2, -0.15) is 11.8 Å². The molecule has 6 nitrogen and oxygen atoms in total. The van der Waals surface area contributed by atoms with Crippen LogP contribution in [0, 0.1) is 6.92 Å². The molecule has 0 amide bonds. The number of hydrogen-bond donors (Lipinski definition) is 1. The van der Waals surface area contributed by atoms with Gasteiger partial charge in [0.25, 0.3) is 0 Å². The highest BCUT2D eigenvalue weighted by Crippen LogP contribution is 2.47. The summed E-state index contributed by atoms with van der Waals surface area (Å²) in [6.45, 7) is 6.34. The highest BCUT2D eigenvalue weighted by atomic mass is 32.2. The van der Waals surface area contributed by atoms with Crippen molar-refractivity contribution in [3.63, 3.8) is 0 Å². The quantitative estimate of drug-likeness (QED) is 0.337. The highest BCUT2D eigenvalue weighted by Gasteiger charge is 2.42. The molecule has 0 fully saturated rings. The highest BCUT2D eigenvalue weighted by molar-refractivity contribution is 7.99. The first-order valence-electron chi connectivity index (χ1n) is 12.7. The Labute approximate surface area is 223 Å². The van der Waals surface area contributed by atoms with Crippen molar-refractivity contribution in [2.45, 2.75) is 45.4 Å². The molecule has 0 saturated heterocycles. The molecule has 0 unspecified atom stereocenters. The number of aryl methyl sites for hydroxylation is 1. The number of allylic oxidation sites excluding steroid dienone is 3. The number of carbonyl (C=O) groups excluding carboxylic acids is 2. The molecule has 1 heterocycles. The molecular formula is C30H35NO5S. The van der Waals surface area contributed by atoms with Gasteiger partial charge in [-0.15, -0.1) is 0 Å². The van der Waals surface area contributed by atoms with Crippen LogP contribution in [0.4, 0.5) is 0 Å². The molecule has 0 saturated carbocycles.